The van der Waals surface area contributed by atoms with Crippen molar-refractivity contribution in [2.24, 2.45) is 23.7 Å². The number of carbonyl (C=O) groups excluding carboxylic acids is 3. The molecule has 3 saturated carbocycles. The maximum atomic E-state index is 13.4. The highest BCUT2D eigenvalue weighted by Crippen LogP contribution is 2.48. The highest BCUT2D eigenvalue weighted by molar-refractivity contribution is 5.86. The molecule has 9 rings (SSSR count). The van der Waals surface area contributed by atoms with Crippen molar-refractivity contribution in [2.75, 3.05) is 13.7 Å². The van der Waals surface area contributed by atoms with Crippen molar-refractivity contribution in [3.63, 3.8) is 0 Å². The second kappa shape index (κ2) is 17.4. The molecule has 5 aromatic rings. The van der Waals surface area contributed by atoms with Crippen LogP contribution in [0.2, 0.25) is 0 Å². The lowest BCUT2D eigenvalue weighted by Crippen LogP contribution is -2.51. The summed E-state index contributed by atoms with van der Waals surface area (Å²) in [4.78, 5) is 59.1. The number of pyridine rings is 1. The van der Waals surface area contributed by atoms with Gasteiger partial charge in [-0.25, -0.2) is 14.8 Å². The predicted molar refractivity (Wildman–Crippen MR) is 222 cm³/mol. The number of H-pyrrole nitrogens is 2. The summed E-state index contributed by atoms with van der Waals surface area (Å²) in [5.41, 5.74) is 8.67. The molecule has 2 aromatic carbocycles. The van der Waals surface area contributed by atoms with Gasteiger partial charge >= 0.3 is 6.09 Å². The Morgan fingerprint density at radius 3 is 2.21 bits per heavy atom. The Bertz CT molecular complexity index is 2180. The molecular weight excluding hydrogens is 729 g/mol. The lowest BCUT2D eigenvalue weighted by Gasteiger charge is -2.30. The number of fused-ring (bicyclic) bond motifs is 2. The zero-order valence-corrected chi connectivity index (χ0v) is 33.6. The summed E-state index contributed by atoms with van der Waals surface area (Å²) in [6.07, 6.45) is 15.8. The molecule has 4 N–H and O–H groups in total. The second-order valence-electron chi connectivity index (χ2n) is 16.7. The van der Waals surface area contributed by atoms with E-state index in [2.05, 4.69) is 90.2 Å². The van der Waals surface area contributed by atoms with Crippen LogP contribution in [0.5, 0.6) is 0 Å². The molecule has 12 heteroatoms. The van der Waals surface area contributed by atoms with Gasteiger partial charge in [-0.3, -0.25) is 14.6 Å². The van der Waals surface area contributed by atoms with Crippen molar-refractivity contribution in [1.29, 1.82) is 0 Å². The van der Waals surface area contributed by atoms with Gasteiger partial charge < -0.3 is 30.2 Å². The van der Waals surface area contributed by atoms with Crippen LogP contribution in [0.1, 0.15) is 94.3 Å². The Kier molecular flexibility index (Phi) is 11.7. The number of alkyl carbamates (subject to hydrolysis) is 1. The van der Waals surface area contributed by atoms with E-state index in [9.17, 15) is 14.4 Å². The van der Waals surface area contributed by atoms with Gasteiger partial charge in [-0.15, -0.1) is 0 Å². The molecule has 3 aromatic heterocycles. The predicted octanol–water partition coefficient (Wildman–Crippen LogP) is 8.19. The summed E-state index contributed by atoms with van der Waals surface area (Å²) < 4.78 is 4.72. The number of hydrogen-bond acceptors (Lipinski definition) is 7. The van der Waals surface area contributed by atoms with Crippen LogP contribution in [0, 0.1) is 23.7 Å². The molecule has 1 aliphatic heterocycles. The molecule has 0 spiro atoms. The van der Waals surface area contributed by atoms with Crippen LogP contribution in [0.15, 0.2) is 85.6 Å². The molecular formula is C46H54N8O4. The lowest BCUT2D eigenvalue weighted by atomic mass is 9.88. The third kappa shape index (κ3) is 8.71. The number of likely N-dealkylation sites (tertiary alicyclic amines) is 1. The number of benzene rings is 2. The highest BCUT2D eigenvalue weighted by Gasteiger charge is 2.43. The number of nitrogens with zero attached hydrogens (tertiary/aromatic N) is 4. The molecule has 302 valence electrons. The van der Waals surface area contributed by atoms with Gasteiger partial charge in [-0.05, 0) is 96.6 Å². The van der Waals surface area contributed by atoms with E-state index in [1.54, 1.807) is 6.33 Å². The van der Waals surface area contributed by atoms with Gasteiger partial charge in [0.25, 0.3) is 0 Å². The number of amides is 3. The van der Waals surface area contributed by atoms with Gasteiger partial charge in [-0.1, -0.05) is 74.9 Å². The summed E-state index contributed by atoms with van der Waals surface area (Å²) in [6.45, 7) is 5.10. The van der Waals surface area contributed by atoms with Crippen LogP contribution in [-0.2, 0) is 20.9 Å². The van der Waals surface area contributed by atoms with Gasteiger partial charge in [0.1, 0.15) is 11.9 Å². The summed E-state index contributed by atoms with van der Waals surface area (Å²) in [7, 11) is 1.30. The molecule has 5 unspecified atom stereocenters. The average Bonchev–Trinajstić information content (AvgIpc) is 3.88. The highest BCUT2D eigenvalue weighted by atomic mass is 16.5. The molecule has 3 amide bonds. The first-order chi connectivity index (χ1) is 28.2. The van der Waals surface area contributed by atoms with E-state index < -0.39 is 12.1 Å². The van der Waals surface area contributed by atoms with Crippen molar-refractivity contribution in [3.05, 3.63) is 103 Å². The summed E-state index contributed by atoms with van der Waals surface area (Å²) in [5, 5.41) is 5.86. The number of aromatic nitrogens is 5. The minimum atomic E-state index is -0.654. The van der Waals surface area contributed by atoms with Gasteiger partial charge in [0.05, 0.1) is 43.3 Å². The molecule has 0 radical (unpaired) electrons. The number of carbonyl (C=O) groups is 3. The number of methoxy groups -OCH3 is 1. The number of aromatic amines is 2. The maximum Gasteiger partial charge on any atom is 0.407 e. The van der Waals surface area contributed by atoms with Crippen LogP contribution in [0.3, 0.4) is 0 Å². The largest absolute Gasteiger partial charge is 0.453 e. The second-order valence-corrected chi connectivity index (χ2v) is 16.7. The van der Waals surface area contributed by atoms with Crippen molar-refractivity contribution in [2.45, 2.75) is 89.8 Å². The average molecular weight is 783 g/mol. The van der Waals surface area contributed by atoms with Crippen molar-refractivity contribution in [1.82, 2.24) is 40.5 Å². The van der Waals surface area contributed by atoms with Crippen LogP contribution < -0.4 is 10.6 Å². The third-order valence-corrected chi connectivity index (χ3v) is 12.5. The standard InChI is InChI=1S/C29H32N6O3.C17H22N2O/c1-18(2)26(34-29(37)38-3)28(36)35-14-4-5-25(35)27-31-16-24(33-27)22-12-8-20(9-13-22)19-6-10-21(11-7-19)23-15-30-17-32-23;20-17(15-9-11-3-4-13(15)8-11)19-10-14-2-1-7-18-16(14)12-5-6-12/h6-13,15-18,25-26H,4-5,14H2,1-3H3,(H,30,32)(H,31,33)(H,34,37);1-2,7,11-13,15H,3-6,8-10H2,(H,19,20). The van der Waals surface area contributed by atoms with E-state index in [4.69, 9.17) is 4.74 Å². The summed E-state index contributed by atoms with van der Waals surface area (Å²) in [5.74, 6) is 3.27. The Morgan fingerprint density at radius 1 is 0.862 bits per heavy atom. The summed E-state index contributed by atoms with van der Waals surface area (Å²) >= 11 is 0. The first kappa shape index (κ1) is 39.1. The topological polar surface area (TPSA) is 158 Å². The molecule has 58 heavy (non-hydrogen) atoms. The fourth-order valence-electron chi connectivity index (χ4n) is 9.15. The molecule has 4 fully saturated rings. The molecule has 4 heterocycles. The first-order valence-corrected chi connectivity index (χ1v) is 20.9. The van der Waals surface area contributed by atoms with Gasteiger partial charge in [0.15, 0.2) is 0 Å². The van der Waals surface area contributed by atoms with E-state index in [-0.39, 0.29) is 29.7 Å². The number of hydrogen-bond donors (Lipinski definition) is 4. The monoisotopic (exact) mass is 782 g/mol. The van der Waals surface area contributed by atoms with E-state index in [1.165, 1.54) is 50.5 Å². The maximum absolute atomic E-state index is 13.4. The molecule has 12 nitrogen and oxygen atoms in total. The number of ether oxygens (including phenoxy) is 1. The van der Waals surface area contributed by atoms with Gasteiger partial charge in [0, 0.05) is 36.8 Å². The summed E-state index contributed by atoms with van der Waals surface area (Å²) in [6, 6.07) is 20.0. The van der Waals surface area contributed by atoms with E-state index >= 15 is 0 Å². The number of imidazole rings is 2. The van der Waals surface area contributed by atoms with Gasteiger partial charge in [0.2, 0.25) is 11.8 Å². The van der Waals surface area contributed by atoms with Crippen LogP contribution in [0.4, 0.5) is 4.79 Å². The van der Waals surface area contributed by atoms with Crippen LogP contribution in [-0.4, -0.2) is 67.4 Å². The quantitative estimate of drug-likeness (QED) is 0.105. The fraction of sp³-hybridized carbons (Fsp3) is 0.435. The van der Waals surface area contributed by atoms with E-state index in [1.807, 2.05) is 43.4 Å². The van der Waals surface area contributed by atoms with Gasteiger partial charge in [-0.2, -0.15) is 0 Å². The SMILES string of the molecule is COC(=O)NC(C(=O)N1CCCC1c1ncc(-c2ccc(-c3ccc(-c4cnc[nH]4)cc3)cc2)[nH]1)C(C)C.O=C(NCc1cccnc1C1CC1)C1CC2CCC1C2. The van der Waals surface area contributed by atoms with Crippen molar-refractivity contribution >= 4 is 17.9 Å². The smallest absolute Gasteiger partial charge is 0.407 e. The minimum absolute atomic E-state index is 0.0739. The minimum Gasteiger partial charge on any atom is -0.453 e. The zero-order chi connectivity index (χ0) is 40.2. The van der Waals surface area contributed by atoms with Crippen LogP contribution >= 0.6 is 0 Å². The zero-order valence-electron chi connectivity index (χ0n) is 33.6. The molecule has 4 aliphatic rings. The fourth-order valence-corrected chi connectivity index (χ4v) is 9.15. The Labute approximate surface area is 340 Å². The molecule has 5 atom stereocenters. The first-order valence-electron chi connectivity index (χ1n) is 20.9. The Morgan fingerprint density at radius 2 is 1.59 bits per heavy atom. The van der Waals surface area contributed by atoms with Crippen molar-refractivity contribution in [3.8, 4) is 33.6 Å². The molecule has 1 saturated heterocycles. The Balaban J connectivity index is 0.000000195. The number of nitrogens with one attached hydrogen (secondary N) is 4. The van der Waals surface area contributed by atoms with Crippen molar-refractivity contribution < 1.29 is 19.1 Å². The molecule has 3 aliphatic carbocycles. The Hall–Kier alpha value is -5.78. The molecule has 2 bridgehead atoms. The third-order valence-electron chi connectivity index (χ3n) is 12.5. The lowest BCUT2D eigenvalue weighted by molar-refractivity contribution is -0.135. The van der Waals surface area contributed by atoms with E-state index in [0.717, 1.165) is 64.6 Å². The van der Waals surface area contributed by atoms with E-state index in [0.29, 0.717) is 24.9 Å². The number of rotatable bonds is 11. The van der Waals surface area contributed by atoms with Crippen LogP contribution in [0.25, 0.3) is 33.6 Å². The normalized spacial score (nSPS) is 21.3.